The fourth-order valence-electron chi connectivity index (χ4n) is 3.76. The molecule has 4 rings (SSSR count). The fourth-order valence-corrected chi connectivity index (χ4v) is 5.04. The molecule has 33 heavy (non-hydrogen) atoms. The van der Waals surface area contributed by atoms with E-state index >= 15 is 0 Å². The summed E-state index contributed by atoms with van der Waals surface area (Å²) in [6.07, 6.45) is 3.08. The lowest BCUT2D eigenvalue weighted by Crippen LogP contribution is -2.30. The number of amides is 1. The molecule has 1 aromatic carbocycles. The third-order valence-electron chi connectivity index (χ3n) is 5.21. The number of rotatable bonds is 7. The zero-order chi connectivity index (χ0) is 23.4. The van der Waals surface area contributed by atoms with Crippen LogP contribution in [0.25, 0.3) is 0 Å². The van der Waals surface area contributed by atoms with Gasteiger partial charge in [-0.05, 0) is 24.5 Å². The van der Waals surface area contributed by atoms with Crippen LogP contribution in [0.4, 0.5) is 5.00 Å². The second-order valence-electron chi connectivity index (χ2n) is 7.39. The highest BCUT2D eigenvalue weighted by molar-refractivity contribution is 7.17. The number of nitrogens with zero attached hydrogens (tertiary/aromatic N) is 3. The van der Waals surface area contributed by atoms with Crippen molar-refractivity contribution in [2.24, 2.45) is 0 Å². The molecule has 0 bridgehead atoms. The Kier molecular flexibility index (Phi) is 6.76. The van der Waals surface area contributed by atoms with Gasteiger partial charge in [0, 0.05) is 36.9 Å². The zero-order valence-electron chi connectivity index (χ0n) is 17.9. The normalized spacial score (nSPS) is 13.2. The summed E-state index contributed by atoms with van der Waals surface area (Å²) in [6, 6.07) is 10.1. The molecule has 10 heteroatoms. The number of carbonyl (C=O) groups excluding carboxylic acids is 2. The minimum atomic E-state index is -1.36. The van der Waals surface area contributed by atoms with Crippen LogP contribution in [-0.2, 0) is 24.2 Å². The van der Waals surface area contributed by atoms with Gasteiger partial charge in [0.1, 0.15) is 5.00 Å². The number of hydrogen-bond donors (Lipinski definition) is 2. The number of carboxylic acids is 1. The smallest absolute Gasteiger partial charge is 0.356 e. The van der Waals surface area contributed by atoms with E-state index in [9.17, 15) is 19.5 Å². The van der Waals surface area contributed by atoms with Gasteiger partial charge in [0.2, 0.25) is 0 Å². The Bertz CT molecular complexity index is 1190. The maximum atomic E-state index is 12.9. The largest absolute Gasteiger partial charge is 0.476 e. The van der Waals surface area contributed by atoms with Gasteiger partial charge in [0.25, 0.3) is 5.91 Å². The predicted octanol–water partition coefficient (Wildman–Crippen LogP) is 3.22. The van der Waals surface area contributed by atoms with E-state index < -0.39 is 23.5 Å². The molecule has 9 nitrogen and oxygen atoms in total. The average molecular weight is 467 g/mol. The molecule has 1 aliphatic heterocycles. The number of hydrogen-bond acceptors (Lipinski definition) is 8. The molecule has 0 radical (unpaired) electrons. The van der Waals surface area contributed by atoms with Gasteiger partial charge < -0.3 is 15.2 Å². The number of carbonyl (C=O) groups is 3. The number of esters is 1. The number of carboxylic acid groups (broad SMARTS) is 1. The van der Waals surface area contributed by atoms with Crippen molar-refractivity contribution < 1.29 is 24.2 Å². The van der Waals surface area contributed by atoms with Crippen molar-refractivity contribution in [1.29, 1.82) is 0 Å². The van der Waals surface area contributed by atoms with E-state index in [1.54, 1.807) is 6.92 Å². The van der Waals surface area contributed by atoms with Crippen molar-refractivity contribution in [1.82, 2.24) is 14.9 Å². The highest BCUT2D eigenvalue weighted by Crippen LogP contribution is 2.38. The van der Waals surface area contributed by atoms with Crippen LogP contribution in [0.2, 0.25) is 0 Å². The Morgan fingerprint density at radius 1 is 1.15 bits per heavy atom. The lowest BCUT2D eigenvalue weighted by molar-refractivity contribution is 0.0525. The van der Waals surface area contributed by atoms with E-state index in [0.717, 1.165) is 23.5 Å². The number of thiophene rings is 1. The molecule has 0 fully saturated rings. The summed E-state index contributed by atoms with van der Waals surface area (Å²) in [7, 11) is 0. The van der Waals surface area contributed by atoms with Gasteiger partial charge in [-0.25, -0.2) is 19.6 Å². The van der Waals surface area contributed by atoms with Crippen LogP contribution in [0.15, 0.2) is 42.7 Å². The molecule has 0 atom stereocenters. The van der Waals surface area contributed by atoms with Gasteiger partial charge in [-0.2, -0.15) is 0 Å². The van der Waals surface area contributed by atoms with Crippen LogP contribution < -0.4 is 5.32 Å². The Labute approximate surface area is 194 Å². The minimum absolute atomic E-state index is 0.199. The first kappa shape index (κ1) is 22.6. The second-order valence-corrected chi connectivity index (χ2v) is 8.49. The summed E-state index contributed by atoms with van der Waals surface area (Å²) in [5, 5.41) is 12.3. The van der Waals surface area contributed by atoms with E-state index in [0.29, 0.717) is 23.5 Å². The van der Waals surface area contributed by atoms with Crippen LogP contribution in [0.3, 0.4) is 0 Å². The number of nitrogens with one attached hydrogen (secondary N) is 1. The summed E-state index contributed by atoms with van der Waals surface area (Å²) in [6.45, 7) is 4.07. The number of aromatic carboxylic acids is 1. The molecule has 3 heterocycles. The van der Waals surface area contributed by atoms with Gasteiger partial charge in [0.05, 0.1) is 12.2 Å². The summed E-state index contributed by atoms with van der Waals surface area (Å²) in [4.78, 5) is 47.9. The van der Waals surface area contributed by atoms with Gasteiger partial charge >= 0.3 is 11.9 Å². The number of anilines is 1. The van der Waals surface area contributed by atoms with Crippen molar-refractivity contribution in [3.63, 3.8) is 0 Å². The first-order valence-electron chi connectivity index (χ1n) is 10.4. The molecule has 1 aliphatic rings. The second kappa shape index (κ2) is 9.88. The van der Waals surface area contributed by atoms with Crippen molar-refractivity contribution in [3.8, 4) is 0 Å². The molecule has 0 aliphatic carbocycles. The number of ether oxygens (including phenoxy) is 1. The van der Waals surface area contributed by atoms with E-state index in [1.165, 1.54) is 29.3 Å². The summed E-state index contributed by atoms with van der Waals surface area (Å²) in [5.41, 5.74) is 1.60. The minimum Gasteiger partial charge on any atom is -0.476 e. The van der Waals surface area contributed by atoms with E-state index in [-0.39, 0.29) is 12.3 Å². The van der Waals surface area contributed by atoms with Crippen LogP contribution in [-0.4, -0.2) is 51.0 Å². The molecule has 0 saturated heterocycles. The SMILES string of the molecule is CCOC(=O)c1c(NC(=O)c2nccnc2C(=O)O)sc2c1CCN(Cc1ccccc1)C2. The van der Waals surface area contributed by atoms with Crippen molar-refractivity contribution in [3.05, 3.63) is 75.7 Å². The van der Waals surface area contributed by atoms with Crippen LogP contribution in [0.1, 0.15) is 54.3 Å². The lowest BCUT2D eigenvalue weighted by Gasteiger charge is -2.27. The molecular weight excluding hydrogens is 444 g/mol. The monoisotopic (exact) mass is 466 g/mol. The first-order chi connectivity index (χ1) is 16.0. The van der Waals surface area contributed by atoms with Gasteiger partial charge in [0.15, 0.2) is 11.4 Å². The molecular formula is C23H22N4O5S. The van der Waals surface area contributed by atoms with Gasteiger partial charge in [-0.3, -0.25) is 9.69 Å². The molecule has 1 amide bonds. The van der Waals surface area contributed by atoms with Crippen LogP contribution >= 0.6 is 11.3 Å². The Morgan fingerprint density at radius 2 is 1.88 bits per heavy atom. The van der Waals surface area contributed by atoms with Crippen molar-refractivity contribution >= 4 is 34.2 Å². The van der Waals surface area contributed by atoms with E-state index in [2.05, 4.69) is 32.3 Å². The summed E-state index contributed by atoms with van der Waals surface area (Å²) >= 11 is 1.30. The Hall–Kier alpha value is -3.63. The van der Waals surface area contributed by atoms with Gasteiger partial charge in [-0.15, -0.1) is 11.3 Å². The molecule has 2 aromatic heterocycles. The highest BCUT2D eigenvalue weighted by atomic mass is 32.1. The first-order valence-corrected chi connectivity index (χ1v) is 11.2. The van der Waals surface area contributed by atoms with Crippen LogP contribution in [0.5, 0.6) is 0 Å². The van der Waals surface area contributed by atoms with Crippen molar-refractivity contribution in [2.45, 2.75) is 26.4 Å². The summed E-state index contributed by atoms with van der Waals surface area (Å²) < 4.78 is 5.25. The van der Waals surface area contributed by atoms with Gasteiger partial charge in [-0.1, -0.05) is 30.3 Å². The standard InChI is InChI=1S/C23H22N4O5S/c1-2-32-23(31)17-15-8-11-27(12-14-6-4-3-5-7-14)13-16(15)33-21(17)26-20(28)18-19(22(29)30)25-10-9-24-18/h3-7,9-10H,2,8,11-13H2,1H3,(H,26,28)(H,29,30). The highest BCUT2D eigenvalue weighted by Gasteiger charge is 2.30. The van der Waals surface area contributed by atoms with E-state index in [4.69, 9.17) is 4.74 Å². The molecule has 0 saturated carbocycles. The number of benzene rings is 1. The van der Waals surface area contributed by atoms with Crippen molar-refractivity contribution in [2.75, 3.05) is 18.5 Å². The summed E-state index contributed by atoms with van der Waals surface area (Å²) in [5.74, 6) is -2.62. The molecule has 170 valence electrons. The third-order valence-corrected chi connectivity index (χ3v) is 6.34. The Balaban J connectivity index is 1.63. The molecule has 2 N–H and O–H groups in total. The average Bonchev–Trinajstić information content (AvgIpc) is 3.16. The number of fused-ring (bicyclic) bond motifs is 1. The van der Waals surface area contributed by atoms with E-state index in [1.807, 2.05) is 18.2 Å². The maximum Gasteiger partial charge on any atom is 0.356 e. The quantitative estimate of drug-likeness (QED) is 0.509. The van der Waals surface area contributed by atoms with Crippen LogP contribution in [0, 0.1) is 0 Å². The maximum absolute atomic E-state index is 12.9. The molecule has 0 spiro atoms. The topological polar surface area (TPSA) is 122 Å². The molecule has 3 aromatic rings. The Morgan fingerprint density at radius 3 is 2.58 bits per heavy atom. The third kappa shape index (κ3) is 4.91. The lowest BCUT2D eigenvalue weighted by atomic mass is 10.0. The molecule has 0 unspecified atom stereocenters. The zero-order valence-corrected chi connectivity index (χ0v) is 18.7. The fraction of sp³-hybridized carbons (Fsp3) is 0.261. The number of aromatic nitrogens is 2. The predicted molar refractivity (Wildman–Crippen MR) is 121 cm³/mol.